The van der Waals surface area contributed by atoms with Crippen LogP contribution in [0.5, 0.6) is 0 Å². The van der Waals surface area contributed by atoms with Gasteiger partial charge in [0, 0.05) is 58.5 Å². The minimum absolute atomic E-state index is 0.653. The van der Waals surface area contributed by atoms with Crippen LogP contribution in [0.1, 0.15) is 0 Å². The lowest BCUT2D eigenvalue weighted by Gasteiger charge is -2.12. The summed E-state index contributed by atoms with van der Waals surface area (Å²) in [6, 6.07) is 69.3. The van der Waals surface area contributed by atoms with Gasteiger partial charge < -0.3 is 4.57 Å². The molecule has 266 valence electrons. The summed E-state index contributed by atoms with van der Waals surface area (Å²) < 4.78 is 7.25. The first kappa shape index (κ1) is 32.0. The molecule has 0 fully saturated rings. The van der Waals surface area contributed by atoms with Gasteiger partial charge in [-0.3, -0.25) is 4.57 Å². The average molecular weight is 745 g/mol. The minimum Gasteiger partial charge on any atom is -0.309 e. The van der Waals surface area contributed by atoms with Crippen LogP contribution in [0, 0.1) is 0 Å². The van der Waals surface area contributed by atoms with Gasteiger partial charge in [0.2, 0.25) is 5.95 Å². The molecule has 0 atom stereocenters. The van der Waals surface area contributed by atoms with Gasteiger partial charge in [0.05, 0.1) is 33.5 Å². The number of hydrogen-bond donors (Lipinski definition) is 0. The van der Waals surface area contributed by atoms with Crippen LogP contribution in [0.25, 0.3) is 109 Å². The van der Waals surface area contributed by atoms with Gasteiger partial charge in [0.15, 0.2) is 0 Å². The van der Waals surface area contributed by atoms with E-state index in [2.05, 4.69) is 191 Å². The highest BCUT2D eigenvalue weighted by Gasteiger charge is 2.24. The van der Waals surface area contributed by atoms with Crippen LogP contribution in [0.2, 0.25) is 0 Å². The van der Waals surface area contributed by atoms with E-state index in [9.17, 15) is 0 Å². The SMILES string of the molecule is c1ccc(-c2cccc(-n3c4ccccc4c4c5c(ccc43)sc3ccc4c6ccccc6n(-c6nc(-c7ccccc7)cc(-c7ccccc7)n6)c4c35)c2)cc1. The molecule has 57 heavy (non-hydrogen) atoms. The highest BCUT2D eigenvalue weighted by atomic mass is 32.1. The van der Waals surface area contributed by atoms with E-state index in [0.717, 1.165) is 39.2 Å². The molecule has 0 spiro atoms. The van der Waals surface area contributed by atoms with Gasteiger partial charge in [-0.05, 0) is 59.7 Å². The van der Waals surface area contributed by atoms with Gasteiger partial charge in [-0.15, -0.1) is 11.3 Å². The van der Waals surface area contributed by atoms with E-state index in [1.54, 1.807) is 0 Å². The molecular weight excluding hydrogens is 713 g/mol. The number of para-hydroxylation sites is 2. The second-order valence-electron chi connectivity index (χ2n) is 14.6. The Labute approximate surface area is 332 Å². The smallest absolute Gasteiger partial charge is 0.235 e. The fraction of sp³-hybridized carbons (Fsp3) is 0. The highest BCUT2D eigenvalue weighted by Crippen LogP contribution is 2.48. The molecule has 12 rings (SSSR count). The molecular formula is C52H32N4S. The summed E-state index contributed by atoms with van der Waals surface area (Å²) in [6.45, 7) is 0. The van der Waals surface area contributed by atoms with Gasteiger partial charge in [-0.25, -0.2) is 9.97 Å². The summed E-state index contributed by atoms with van der Waals surface area (Å²) >= 11 is 1.86. The topological polar surface area (TPSA) is 35.6 Å². The van der Waals surface area contributed by atoms with Crippen molar-refractivity contribution in [3.05, 3.63) is 194 Å². The number of hydrogen-bond acceptors (Lipinski definition) is 3. The van der Waals surface area contributed by atoms with Crippen molar-refractivity contribution in [3.63, 3.8) is 0 Å². The molecule has 0 saturated heterocycles. The first-order chi connectivity index (χ1) is 28.3. The van der Waals surface area contributed by atoms with Crippen molar-refractivity contribution in [2.45, 2.75) is 0 Å². The molecule has 0 unspecified atom stereocenters. The van der Waals surface area contributed by atoms with Crippen LogP contribution in [0.3, 0.4) is 0 Å². The fourth-order valence-corrected chi connectivity index (χ4v) is 9.96. The maximum absolute atomic E-state index is 5.38. The van der Waals surface area contributed by atoms with E-state index in [0.29, 0.717) is 5.95 Å². The molecule has 0 amide bonds. The summed E-state index contributed by atoms with van der Waals surface area (Å²) in [5, 5.41) is 7.34. The average Bonchev–Trinajstić information content (AvgIpc) is 3.95. The number of benzene rings is 8. The van der Waals surface area contributed by atoms with E-state index in [-0.39, 0.29) is 0 Å². The molecule has 5 heteroatoms. The number of rotatable bonds is 5. The van der Waals surface area contributed by atoms with E-state index in [1.807, 2.05) is 23.5 Å². The third-order valence-electron chi connectivity index (χ3n) is 11.3. The Morgan fingerprint density at radius 2 is 0.912 bits per heavy atom. The third kappa shape index (κ3) is 4.93. The van der Waals surface area contributed by atoms with Gasteiger partial charge in [0.25, 0.3) is 0 Å². The summed E-state index contributed by atoms with van der Waals surface area (Å²) in [6.07, 6.45) is 0. The van der Waals surface area contributed by atoms with Gasteiger partial charge in [-0.1, -0.05) is 146 Å². The Hall–Kier alpha value is -7.34. The first-order valence-electron chi connectivity index (χ1n) is 19.3. The van der Waals surface area contributed by atoms with Crippen LogP contribution < -0.4 is 0 Å². The molecule has 0 aliphatic heterocycles. The van der Waals surface area contributed by atoms with E-state index < -0.39 is 0 Å². The van der Waals surface area contributed by atoms with E-state index >= 15 is 0 Å². The van der Waals surface area contributed by atoms with E-state index in [4.69, 9.17) is 9.97 Å². The highest BCUT2D eigenvalue weighted by molar-refractivity contribution is 7.26. The molecule has 8 aromatic carbocycles. The zero-order valence-electron chi connectivity index (χ0n) is 30.7. The maximum Gasteiger partial charge on any atom is 0.235 e. The summed E-state index contributed by atoms with van der Waals surface area (Å²) in [5.74, 6) is 0.653. The largest absolute Gasteiger partial charge is 0.309 e. The van der Waals surface area contributed by atoms with Crippen molar-refractivity contribution in [3.8, 4) is 45.3 Å². The maximum atomic E-state index is 5.38. The summed E-state index contributed by atoms with van der Waals surface area (Å²) in [4.78, 5) is 10.8. The van der Waals surface area contributed by atoms with Crippen molar-refractivity contribution < 1.29 is 0 Å². The number of fused-ring (bicyclic) bond motifs is 11. The van der Waals surface area contributed by atoms with Crippen LogP contribution in [-0.2, 0) is 0 Å². The standard InChI is InChI=1S/C52H32N4S/c1-4-15-33(16-5-1)36-21-14-22-37(31-36)55-44-26-13-11-24-40(44)48-45(55)28-30-46-49(48)50-47(57-46)29-27-39-38-23-10-12-25-43(38)56(51(39)50)52-53-41(34-17-6-2-7-18-34)32-42(54-52)35-19-8-3-9-20-35/h1-32H. The molecule has 0 bridgehead atoms. The molecule has 0 aliphatic carbocycles. The Balaban J connectivity index is 1.21. The molecule has 4 nitrogen and oxygen atoms in total. The molecule has 0 radical (unpaired) electrons. The Kier molecular flexibility index (Phi) is 7.06. The quantitative estimate of drug-likeness (QED) is 0.176. The number of aromatic nitrogens is 4. The lowest BCUT2D eigenvalue weighted by atomic mass is 10.0. The van der Waals surface area contributed by atoms with E-state index in [1.165, 1.54) is 63.9 Å². The van der Waals surface area contributed by atoms with Crippen LogP contribution >= 0.6 is 11.3 Å². The first-order valence-corrected chi connectivity index (χ1v) is 20.1. The third-order valence-corrected chi connectivity index (χ3v) is 12.5. The lowest BCUT2D eigenvalue weighted by Crippen LogP contribution is -2.04. The summed E-state index contributed by atoms with van der Waals surface area (Å²) in [5.41, 5.74) is 12.0. The van der Waals surface area contributed by atoms with Crippen molar-refractivity contribution in [2.24, 2.45) is 0 Å². The molecule has 12 aromatic rings. The Morgan fingerprint density at radius 1 is 0.351 bits per heavy atom. The Bertz CT molecular complexity index is 3450. The van der Waals surface area contributed by atoms with Crippen molar-refractivity contribution >= 4 is 75.1 Å². The van der Waals surface area contributed by atoms with Gasteiger partial charge >= 0.3 is 0 Å². The number of thiophene rings is 1. The van der Waals surface area contributed by atoms with Crippen molar-refractivity contribution in [1.29, 1.82) is 0 Å². The molecule has 0 saturated carbocycles. The normalized spacial score (nSPS) is 11.9. The predicted octanol–water partition coefficient (Wildman–Crippen LogP) is 14.0. The molecule has 4 heterocycles. The minimum atomic E-state index is 0.653. The Morgan fingerprint density at radius 3 is 1.61 bits per heavy atom. The second kappa shape index (κ2) is 12.6. The fourth-order valence-electron chi connectivity index (χ4n) is 8.85. The predicted molar refractivity (Wildman–Crippen MR) is 240 cm³/mol. The lowest BCUT2D eigenvalue weighted by molar-refractivity contribution is 0.998. The molecule has 4 aromatic heterocycles. The zero-order chi connectivity index (χ0) is 37.5. The molecule has 0 N–H and O–H groups in total. The van der Waals surface area contributed by atoms with Crippen LogP contribution in [0.4, 0.5) is 0 Å². The molecule has 0 aliphatic rings. The van der Waals surface area contributed by atoms with Crippen LogP contribution in [0.15, 0.2) is 194 Å². The van der Waals surface area contributed by atoms with Crippen molar-refractivity contribution in [1.82, 2.24) is 19.1 Å². The zero-order valence-corrected chi connectivity index (χ0v) is 31.5. The second-order valence-corrected chi connectivity index (χ2v) is 15.6. The summed E-state index contributed by atoms with van der Waals surface area (Å²) in [7, 11) is 0. The number of nitrogens with zero attached hydrogens (tertiary/aromatic N) is 4. The van der Waals surface area contributed by atoms with Crippen LogP contribution in [-0.4, -0.2) is 19.1 Å². The van der Waals surface area contributed by atoms with Crippen molar-refractivity contribution in [2.75, 3.05) is 0 Å². The monoisotopic (exact) mass is 744 g/mol. The van der Waals surface area contributed by atoms with Gasteiger partial charge in [-0.2, -0.15) is 0 Å². The van der Waals surface area contributed by atoms with Gasteiger partial charge in [0.1, 0.15) is 0 Å².